The summed E-state index contributed by atoms with van der Waals surface area (Å²) in [6.07, 6.45) is 1.81. The molecule has 0 saturated heterocycles. The van der Waals surface area contributed by atoms with Crippen LogP contribution in [0, 0.1) is 0 Å². The molecular formula is C14H11N3O3S. The van der Waals surface area contributed by atoms with Gasteiger partial charge in [-0.2, -0.15) is 0 Å². The van der Waals surface area contributed by atoms with Crippen molar-refractivity contribution in [3.63, 3.8) is 0 Å². The minimum atomic E-state index is -1.07. The Morgan fingerprint density at radius 2 is 2.19 bits per heavy atom. The third kappa shape index (κ3) is 2.77. The number of hydrogen-bond acceptors (Lipinski definition) is 4. The predicted molar refractivity (Wildman–Crippen MR) is 78.5 cm³/mol. The second-order valence-electron chi connectivity index (χ2n) is 4.39. The van der Waals surface area contributed by atoms with Crippen LogP contribution in [-0.2, 0) is 6.54 Å². The number of aromatic carboxylic acids is 1. The molecule has 7 heteroatoms. The number of rotatable bonds is 4. The number of hydrogen-bond donors (Lipinski definition) is 3. The second kappa shape index (κ2) is 5.37. The third-order valence-corrected chi connectivity index (χ3v) is 3.84. The lowest BCUT2D eigenvalue weighted by Gasteiger charge is -2.03. The third-order valence-electron chi connectivity index (χ3n) is 2.99. The Morgan fingerprint density at radius 3 is 2.95 bits per heavy atom. The molecule has 106 valence electrons. The average molecular weight is 301 g/mol. The van der Waals surface area contributed by atoms with Crippen molar-refractivity contribution >= 4 is 34.1 Å². The molecule has 2 aromatic heterocycles. The molecule has 0 aliphatic rings. The maximum absolute atomic E-state index is 12.1. The highest BCUT2D eigenvalue weighted by molar-refractivity contribution is 7.09. The van der Waals surface area contributed by atoms with Crippen LogP contribution in [-0.4, -0.2) is 27.0 Å². The Hall–Kier alpha value is -2.67. The number of aromatic nitrogens is 2. The normalized spacial score (nSPS) is 10.7. The molecule has 3 N–H and O–H groups in total. The van der Waals surface area contributed by atoms with E-state index in [1.807, 2.05) is 18.3 Å². The van der Waals surface area contributed by atoms with E-state index in [-0.39, 0.29) is 18.1 Å². The first-order valence-corrected chi connectivity index (χ1v) is 7.04. The first kappa shape index (κ1) is 13.3. The van der Waals surface area contributed by atoms with E-state index in [2.05, 4.69) is 15.3 Å². The van der Waals surface area contributed by atoms with Gasteiger partial charge in [0.2, 0.25) is 0 Å². The summed E-state index contributed by atoms with van der Waals surface area (Å²) >= 11 is 1.21. The average Bonchev–Trinajstić information content (AvgIpc) is 3.12. The van der Waals surface area contributed by atoms with Gasteiger partial charge in [0.1, 0.15) is 5.01 Å². The molecule has 0 aliphatic carbocycles. The fourth-order valence-corrected chi connectivity index (χ4v) is 2.65. The van der Waals surface area contributed by atoms with Gasteiger partial charge in [-0.15, -0.1) is 11.3 Å². The highest BCUT2D eigenvalue weighted by atomic mass is 32.1. The fourth-order valence-electron chi connectivity index (χ4n) is 1.94. The van der Waals surface area contributed by atoms with E-state index in [0.717, 1.165) is 10.9 Å². The summed E-state index contributed by atoms with van der Waals surface area (Å²) in [7, 11) is 0. The highest BCUT2D eigenvalue weighted by Crippen LogP contribution is 2.14. The van der Waals surface area contributed by atoms with Gasteiger partial charge >= 0.3 is 5.97 Å². The number of aromatic amines is 1. The van der Waals surface area contributed by atoms with Crippen LogP contribution in [0.5, 0.6) is 0 Å². The lowest BCUT2D eigenvalue weighted by molar-refractivity contribution is 0.0691. The van der Waals surface area contributed by atoms with Crippen LogP contribution >= 0.6 is 11.3 Å². The molecule has 2 heterocycles. The molecule has 0 unspecified atom stereocenters. The van der Waals surface area contributed by atoms with E-state index >= 15 is 0 Å². The first-order valence-electron chi connectivity index (χ1n) is 6.16. The number of carbonyl (C=O) groups excluding carboxylic acids is 1. The van der Waals surface area contributed by atoms with Gasteiger partial charge in [0.25, 0.3) is 5.91 Å². The van der Waals surface area contributed by atoms with E-state index in [0.29, 0.717) is 10.6 Å². The van der Waals surface area contributed by atoms with Gasteiger partial charge in [-0.3, -0.25) is 4.79 Å². The molecule has 3 aromatic rings. The second-order valence-corrected chi connectivity index (χ2v) is 5.34. The molecule has 0 spiro atoms. The van der Waals surface area contributed by atoms with Crippen molar-refractivity contribution in [2.45, 2.75) is 6.54 Å². The van der Waals surface area contributed by atoms with Gasteiger partial charge in [0, 0.05) is 22.7 Å². The number of fused-ring (bicyclic) bond motifs is 1. The van der Waals surface area contributed by atoms with Crippen molar-refractivity contribution < 1.29 is 14.7 Å². The van der Waals surface area contributed by atoms with Crippen LogP contribution in [0.2, 0.25) is 0 Å². The maximum Gasteiger partial charge on any atom is 0.355 e. The van der Waals surface area contributed by atoms with Crippen LogP contribution in [0.25, 0.3) is 10.9 Å². The molecule has 0 fully saturated rings. The topological polar surface area (TPSA) is 95.1 Å². The predicted octanol–water partition coefficient (Wildman–Crippen LogP) is 2.25. The zero-order chi connectivity index (χ0) is 14.8. The quantitative estimate of drug-likeness (QED) is 0.688. The van der Waals surface area contributed by atoms with Gasteiger partial charge in [-0.25, -0.2) is 9.78 Å². The van der Waals surface area contributed by atoms with Gasteiger partial charge in [0.05, 0.1) is 6.54 Å². The van der Waals surface area contributed by atoms with Crippen molar-refractivity contribution in [2.75, 3.05) is 0 Å². The largest absolute Gasteiger partial charge is 0.476 e. The number of amides is 1. The van der Waals surface area contributed by atoms with E-state index in [4.69, 9.17) is 5.11 Å². The number of carbonyl (C=O) groups is 2. The van der Waals surface area contributed by atoms with Crippen LogP contribution in [0.15, 0.2) is 35.8 Å². The van der Waals surface area contributed by atoms with Gasteiger partial charge in [-0.1, -0.05) is 6.07 Å². The first-order chi connectivity index (χ1) is 10.1. The summed E-state index contributed by atoms with van der Waals surface area (Å²) < 4.78 is 0. The lowest BCUT2D eigenvalue weighted by atomic mass is 10.1. The summed E-state index contributed by atoms with van der Waals surface area (Å²) in [5.41, 5.74) is 1.43. The van der Waals surface area contributed by atoms with Crippen molar-refractivity contribution in [1.82, 2.24) is 15.3 Å². The molecule has 0 radical (unpaired) electrons. The minimum absolute atomic E-state index is 0.00273. The molecule has 0 atom stereocenters. The molecule has 21 heavy (non-hydrogen) atoms. The Morgan fingerprint density at radius 1 is 1.33 bits per heavy atom. The van der Waals surface area contributed by atoms with E-state index < -0.39 is 5.97 Å². The number of benzene rings is 1. The van der Waals surface area contributed by atoms with E-state index in [1.54, 1.807) is 12.1 Å². The molecule has 1 aromatic carbocycles. The maximum atomic E-state index is 12.1. The number of nitrogens with one attached hydrogen (secondary N) is 2. The number of nitrogens with zero attached hydrogens (tertiary/aromatic N) is 1. The monoisotopic (exact) mass is 301 g/mol. The summed E-state index contributed by atoms with van der Waals surface area (Å²) in [5.74, 6) is -1.29. The lowest BCUT2D eigenvalue weighted by Crippen LogP contribution is -2.22. The van der Waals surface area contributed by atoms with Crippen molar-refractivity contribution in [2.24, 2.45) is 0 Å². The number of carboxylic acid groups (broad SMARTS) is 1. The Labute approximate surface area is 123 Å². The number of carboxylic acids is 1. The van der Waals surface area contributed by atoms with Crippen molar-refractivity contribution in [3.8, 4) is 0 Å². The summed E-state index contributed by atoms with van der Waals surface area (Å²) in [5, 5.41) is 14.6. The molecule has 0 bridgehead atoms. The van der Waals surface area contributed by atoms with Crippen molar-refractivity contribution in [3.05, 3.63) is 52.1 Å². The zero-order valence-corrected chi connectivity index (χ0v) is 11.6. The number of thiazole rings is 1. The van der Waals surface area contributed by atoms with Gasteiger partial charge < -0.3 is 15.4 Å². The van der Waals surface area contributed by atoms with E-state index in [1.165, 1.54) is 16.7 Å². The molecular weight excluding hydrogens is 290 g/mol. The standard InChI is InChI=1S/C14H11N3O3S/c18-13(9-2-1-8-3-4-15-10(8)5-9)16-6-12-17-11(7-21-12)14(19)20/h1-5,7,15H,6H2,(H,16,18)(H,19,20). The highest BCUT2D eigenvalue weighted by Gasteiger charge is 2.11. The SMILES string of the molecule is O=C(NCc1nc(C(=O)O)cs1)c1ccc2cc[nH]c2c1. The smallest absolute Gasteiger partial charge is 0.355 e. The molecule has 3 rings (SSSR count). The van der Waals surface area contributed by atoms with Crippen LogP contribution in [0.4, 0.5) is 0 Å². The Kier molecular flexibility index (Phi) is 3.41. The summed E-state index contributed by atoms with van der Waals surface area (Å²) in [6, 6.07) is 7.32. The molecule has 6 nitrogen and oxygen atoms in total. The van der Waals surface area contributed by atoms with Gasteiger partial charge in [0.15, 0.2) is 5.69 Å². The fraction of sp³-hybridized carbons (Fsp3) is 0.0714. The Bertz CT molecular complexity index is 822. The van der Waals surface area contributed by atoms with Crippen molar-refractivity contribution in [1.29, 1.82) is 0 Å². The minimum Gasteiger partial charge on any atom is -0.476 e. The molecule has 1 amide bonds. The molecule has 0 aliphatic heterocycles. The Balaban J connectivity index is 1.69. The molecule has 0 saturated carbocycles. The summed E-state index contributed by atoms with van der Waals surface area (Å²) in [4.78, 5) is 29.7. The van der Waals surface area contributed by atoms with E-state index in [9.17, 15) is 9.59 Å². The summed E-state index contributed by atoms with van der Waals surface area (Å²) in [6.45, 7) is 0.208. The van der Waals surface area contributed by atoms with Crippen LogP contribution < -0.4 is 5.32 Å². The van der Waals surface area contributed by atoms with Gasteiger partial charge in [-0.05, 0) is 23.6 Å². The zero-order valence-electron chi connectivity index (χ0n) is 10.8. The van der Waals surface area contributed by atoms with Crippen LogP contribution in [0.3, 0.4) is 0 Å². The van der Waals surface area contributed by atoms with Crippen LogP contribution in [0.1, 0.15) is 25.9 Å². The number of H-pyrrole nitrogens is 1.